The first-order valence-corrected chi connectivity index (χ1v) is 6.17. The van der Waals surface area contributed by atoms with E-state index in [1.807, 2.05) is 0 Å². The number of carboxylic acid groups (broad SMARTS) is 1. The lowest BCUT2D eigenvalue weighted by atomic mass is 10.1. The van der Waals surface area contributed by atoms with Crippen LogP contribution in [0.3, 0.4) is 0 Å². The van der Waals surface area contributed by atoms with Crippen LogP contribution in [0.15, 0.2) is 43.1 Å². The molecule has 1 aromatic carbocycles. The van der Waals surface area contributed by atoms with E-state index in [0.717, 1.165) is 0 Å². The minimum Gasteiger partial charge on any atom is -0.480 e. The third kappa shape index (κ3) is 2.97. The van der Waals surface area contributed by atoms with Gasteiger partial charge in [0.2, 0.25) is 0 Å². The number of carbonyl (C=O) groups is 1. The number of non-ortho nitro benzene ring substituents is 1. The summed E-state index contributed by atoms with van der Waals surface area (Å²) in [7, 11) is 0. The highest BCUT2D eigenvalue weighted by Crippen LogP contribution is 2.30. The summed E-state index contributed by atoms with van der Waals surface area (Å²) in [5, 5.41) is 23.5. The number of nitro groups is 1. The van der Waals surface area contributed by atoms with Crippen LogP contribution in [0.5, 0.6) is 0 Å². The number of rotatable bonds is 6. The Morgan fingerprint density at radius 2 is 2.29 bits per heavy atom. The number of pyridine rings is 1. The first-order chi connectivity index (χ1) is 10.0. The minimum absolute atomic E-state index is 0.119. The lowest BCUT2D eigenvalue weighted by Crippen LogP contribution is -2.28. The van der Waals surface area contributed by atoms with Crippen molar-refractivity contribution in [1.82, 2.24) is 4.98 Å². The summed E-state index contributed by atoms with van der Waals surface area (Å²) in [5.41, 5.74) is 0.583. The van der Waals surface area contributed by atoms with Gasteiger partial charge in [-0.2, -0.15) is 0 Å². The molecule has 1 aromatic heterocycles. The van der Waals surface area contributed by atoms with E-state index in [1.165, 1.54) is 24.4 Å². The van der Waals surface area contributed by atoms with Crippen LogP contribution in [0.4, 0.5) is 11.4 Å². The fraction of sp³-hybridized carbons (Fsp3) is 0.143. The summed E-state index contributed by atoms with van der Waals surface area (Å²) in [4.78, 5) is 25.7. The van der Waals surface area contributed by atoms with E-state index in [2.05, 4.69) is 16.9 Å². The fourth-order valence-electron chi connectivity index (χ4n) is 2.01. The second-order valence-corrected chi connectivity index (χ2v) is 4.35. The molecule has 1 unspecified atom stereocenters. The number of aliphatic carboxylic acids is 1. The maximum absolute atomic E-state index is 11.2. The number of nitro benzene ring substituents is 1. The van der Waals surface area contributed by atoms with Crippen molar-refractivity contribution in [3.05, 3.63) is 53.2 Å². The molecular weight excluding hydrogens is 274 g/mol. The number of hydrogen-bond donors (Lipinski definition) is 2. The molecule has 0 aliphatic heterocycles. The van der Waals surface area contributed by atoms with Gasteiger partial charge in [-0.3, -0.25) is 10.1 Å². The molecule has 0 aliphatic carbocycles. The Morgan fingerprint density at radius 3 is 2.90 bits per heavy atom. The van der Waals surface area contributed by atoms with E-state index in [-0.39, 0.29) is 17.6 Å². The monoisotopic (exact) mass is 287 g/mol. The van der Waals surface area contributed by atoms with Gasteiger partial charge in [0.25, 0.3) is 5.69 Å². The number of hydrogen-bond acceptors (Lipinski definition) is 5. The summed E-state index contributed by atoms with van der Waals surface area (Å²) in [6.07, 6.45) is 3.18. The molecule has 0 aliphatic rings. The van der Waals surface area contributed by atoms with Crippen LogP contribution in [0, 0.1) is 10.1 Å². The van der Waals surface area contributed by atoms with E-state index in [9.17, 15) is 14.9 Å². The number of benzene rings is 1. The molecule has 7 nitrogen and oxygen atoms in total. The number of anilines is 1. The predicted octanol–water partition coefficient (Wildman–Crippen LogP) is 2.58. The molecule has 108 valence electrons. The van der Waals surface area contributed by atoms with E-state index in [4.69, 9.17) is 5.11 Å². The second-order valence-electron chi connectivity index (χ2n) is 4.35. The van der Waals surface area contributed by atoms with Crippen LogP contribution in [0.1, 0.15) is 6.42 Å². The maximum atomic E-state index is 11.2. The molecule has 0 radical (unpaired) electrons. The Kier molecular flexibility index (Phi) is 4.13. The van der Waals surface area contributed by atoms with Gasteiger partial charge in [-0.1, -0.05) is 6.08 Å². The van der Waals surface area contributed by atoms with Crippen molar-refractivity contribution in [2.45, 2.75) is 12.5 Å². The standard InChI is InChI=1S/C14H13N3O4/c1-2-4-11(14(18)19)16-10-6-7-12(17(20)21)13-9(10)5-3-8-15-13/h2-3,5-8,11,16H,1,4H2,(H,18,19). The van der Waals surface area contributed by atoms with Gasteiger partial charge in [-0.25, -0.2) is 9.78 Å². The predicted molar refractivity (Wildman–Crippen MR) is 78.3 cm³/mol. The van der Waals surface area contributed by atoms with Crippen molar-refractivity contribution in [2.75, 3.05) is 5.32 Å². The van der Waals surface area contributed by atoms with Gasteiger partial charge in [0.1, 0.15) is 11.6 Å². The first-order valence-electron chi connectivity index (χ1n) is 6.17. The molecule has 7 heteroatoms. The smallest absolute Gasteiger partial charge is 0.326 e. The highest BCUT2D eigenvalue weighted by Gasteiger charge is 2.19. The summed E-state index contributed by atoms with van der Waals surface area (Å²) in [5.74, 6) is -1.02. The Labute approximate surface area is 120 Å². The molecule has 1 atom stereocenters. The molecule has 21 heavy (non-hydrogen) atoms. The van der Waals surface area contributed by atoms with Gasteiger partial charge < -0.3 is 10.4 Å². The Hall–Kier alpha value is -2.96. The molecule has 2 N–H and O–H groups in total. The van der Waals surface area contributed by atoms with Gasteiger partial charge in [0.15, 0.2) is 0 Å². The van der Waals surface area contributed by atoms with E-state index < -0.39 is 16.9 Å². The molecule has 2 rings (SSSR count). The van der Waals surface area contributed by atoms with Gasteiger partial charge in [0, 0.05) is 23.3 Å². The Bertz CT molecular complexity index is 714. The van der Waals surface area contributed by atoms with E-state index >= 15 is 0 Å². The molecule has 0 bridgehead atoms. The van der Waals surface area contributed by atoms with Crippen molar-refractivity contribution in [3.8, 4) is 0 Å². The fourth-order valence-corrected chi connectivity index (χ4v) is 2.01. The van der Waals surface area contributed by atoms with E-state index in [1.54, 1.807) is 12.1 Å². The summed E-state index contributed by atoms with van der Waals surface area (Å²) in [6.45, 7) is 3.52. The topological polar surface area (TPSA) is 105 Å². The van der Waals surface area contributed by atoms with Crippen molar-refractivity contribution >= 4 is 28.2 Å². The van der Waals surface area contributed by atoms with Crippen LogP contribution < -0.4 is 5.32 Å². The van der Waals surface area contributed by atoms with Crippen molar-refractivity contribution in [1.29, 1.82) is 0 Å². The van der Waals surface area contributed by atoms with Crippen molar-refractivity contribution in [3.63, 3.8) is 0 Å². The quantitative estimate of drug-likeness (QED) is 0.480. The summed E-state index contributed by atoms with van der Waals surface area (Å²) < 4.78 is 0. The SMILES string of the molecule is C=CCC(Nc1ccc([N+](=O)[O-])c2ncccc12)C(=O)O. The summed E-state index contributed by atoms with van der Waals surface area (Å²) >= 11 is 0. The lowest BCUT2D eigenvalue weighted by molar-refractivity contribution is -0.383. The first kappa shape index (κ1) is 14.4. The number of nitrogens with one attached hydrogen (secondary N) is 1. The zero-order valence-electron chi connectivity index (χ0n) is 11.0. The lowest BCUT2D eigenvalue weighted by Gasteiger charge is -2.15. The van der Waals surface area contributed by atoms with Crippen molar-refractivity contribution < 1.29 is 14.8 Å². The number of aromatic nitrogens is 1. The second kappa shape index (κ2) is 6.00. The molecule has 0 amide bonds. The number of fused-ring (bicyclic) bond motifs is 1. The average molecular weight is 287 g/mol. The molecule has 0 saturated heterocycles. The molecule has 0 spiro atoms. The third-order valence-electron chi connectivity index (χ3n) is 2.98. The number of nitrogens with zero attached hydrogens (tertiary/aromatic N) is 2. The van der Waals surface area contributed by atoms with Crippen molar-refractivity contribution in [2.24, 2.45) is 0 Å². The van der Waals surface area contributed by atoms with Gasteiger partial charge in [0.05, 0.1) is 4.92 Å². The summed E-state index contributed by atoms with van der Waals surface area (Å²) in [6, 6.07) is 5.24. The molecule has 2 aromatic rings. The normalized spacial score (nSPS) is 11.8. The highest BCUT2D eigenvalue weighted by molar-refractivity contribution is 5.98. The molecule has 1 heterocycles. The van der Waals surface area contributed by atoms with Gasteiger partial charge in [-0.15, -0.1) is 6.58 Å². The van der Waals surface area contributed by atoms with Crippen LogP contribution in [0.2, 0.25) is 0 Å². The van der Waals surface area contributed by atoms with Gasteiger partial charge in [-0.05, 0) is 24.6 Å². The Balaban J connectivity index is 2.50. The largest absolute Gasteiger partial charge is 0.480 e. The maximum Gasteiger partial charge on any atom is 0.326 e. The third-order valence-corrected chi connectivity index (χ3v) is 2.98. The minimum atomic E-state index is -1.02. The zero-order valence-corrected chi connectivity index (χ0v) is 11.0. The van der Waals surface area contributed by atoms with Gasteiger partial charge >= 0.3 is 5.97 Å². The van der Waals surface area contributed by atoms with Crippen LogP contribution in [0.25, 0.3) is 10.9 Å². The van der Waals surface area contributed by atoms with Crippen LogP contribution in [-0.2, 0) is 4.79 Å². The Morgan fingerprint density at radius 1 is 1.52 bits per heavy atom. The van der Waals surface area contributed by atoms with Crippen LogP contribution >= 0.6 is 0 Å². The molecule has 0 saturated carbocycles. The molecule has 0 fully saturated rings. The van der Waals surface area contributed by atoms with Crippen LogP contribution in [-0.4, -0.2) is 27.0 Å². The highest BCUT2D eigenvalue weighted by atomic mass is 16.6. The number of carboxylic acids is 1. The van der Waals surface area contributed by atoms with E-state index in [0.29, 0.717) is 11.1 Å². The zero-order chi connectivity index (χ0) is 15.4. The average Bonchev–Trinajstić information content (AvgIpc) is 2.46. The molecular formula is C14H13N3O4.